The second-order valence-electron chi connectivity index (χ2n) is 1.91. The third-order valence-electron chi connectivity index (χ3n) is 1.03. The van der Waals surface area contributed by atoms with E-state index < -0.39 is 5.91 Å². The van der Waals surface area contributed by atoms with Gasteiger partial charge >= 0.3 is 5.91 Å². The van der Waals surface area contributed by atoms with Crippen LogP contribution in [0, 0.1) is 0 Å². The lowest BCUT2D eigenvalue weighted by atomic mass is 10.6. The van der Waals surface area contributed by atoms with Crippen LogP contribution in [0.1, 0.15) is 17.5 Å². The number of hydrogen-bond donors (Lipinski definition) is 3. The lowest BCUT2D eigenvalue weighted by Gasteiger charge is -1.98. The number of nitrogens with zero attached hydrogens (tertiary/aromatic N) is 2. The third-order valence-corrected chi connectivity index (χ3v) is 1.03. The number of H-pyrrole nitrogens is 1. The van der Waals surface area contributed by atoms with Gasteiger partial charge in [0.1, 0.15) is 0 Å². The SMILES string of the molecule is CCONC(=O)c1nc(N)n[nH]1. The molecule has 1 rings (SSSR count). The van der Waals surface area contributed by atoms with Gasteiger partial charge in [-0.25, -0.2) is 5.48 Å². The average molecular weight is 171 g/mol. The van der Waals surface area contributed by atoms with E-state index in [0.29, 0.717) is 6.61 Å². The quantitative estimate of drug-likeness (QED) is 0.509. The number of hydroxylamine groups is 1. The van der Waals surface area contributed by atoms with Crippen LogP contribution in [0.2, 0.25) is 0 Å². The summed E-state index contributed by atoms with van der Waals surface area (Å²) in [4.78, 5) is 19.2. The highest BCUT2D eigenvalue weighted by atomic mass is 16.6. The maximum atomic E-state index is 11.0. The van der Waals surface area contributed by atoms with Gasteiger partial charge in [0.15, 0.2) is 0 Å². The minimum Gasteiger partial charge on any atom is -0.366 e. The van der Waals surface area contributed by atoms with Crippen LogP contribution in [0.5, 0.6) is 0 Å². The Balaban J connectivity index is 2.53. The number of amides is 1. The normalized spacial score (nSPS) is 9.75. The van der Waals surface area contributed by atoms with Gasteiger partial charge in [-0.05, 0) is 6.92 Å². The first-order valence-electron chi connectivity index (χ1n) is 3.34. The van der Waals surface area contributed by atoms with Gasteiger partial charge in [-0.15, -0.1) is 5.10 Å². The number of aromatic nitrogens is 3. The third kappa shape index (κ3) is 1.92. The molecule has 0 aliphatic rings. The second-order valence-corrected chi connectivity index (χ2v) is 1.91. The van der Waals surface area contributed by atoms with Crippen LogP contribution in [0.25, 0.3) is 0 Å². The highest BCUT2D eigenvalue weighted by Gasteiger charge is 2.09. The molecule has 0 bridgehead atoms. The summed E-state index contributed by atoms with van der Waals surface area (Å²) < 4.78 is 0. The molecule has 0 radical (unpaired) electrons. The first kappa shape index (κ1) is 8.47. The predicted octanol–water partition coefficient (Wildman–Crippen LogP) is -0.932. The Morgan fingerprint density at radius 2 is 2.58 bits per heavy atom. The average Bonchev–Trinajstić information content (AvgIpc) is 2.47. The maximum Gasteiger partial charge on any atom is 0.312 e. The summed E-state index contributed by atoms with van der Waals surface area (Å²) in [7, 11) is 0. The topological polar surface area (TPSA) is 106 Å². The van der Waals surface area contributed by atoms with Crippen molar-refractivity contribution in [2.75, 3.05) is 12.3 Å². The van der Waals surface area contributed by atoms with Gasteiger partial charge in [0.25, 0.3) is 0 Å². The molecule has 1 heterocycles. The molecular formula is C5H9N5O2. The Morgan fingerprint density at radius 1 is 1.83 bits per heavy atom. The minimum absolute atomic E-state index is 0.0247. The van der Waals surface area contributed by atoms with Crippen LogP contribution in [-0.4, -0.2) is 27.7 Å². The number of rotatable bonds is 3. The van der Waals surface area contributed by atoms with Crippen molar-refractivity contribution in [1.82, 2.24) is 20.7 Å². The van der Waals surface area contributed by atoms with Crippen LogP contribution in [-0.2, 0) is 4.84 Å². The van der Waals surface area contributed by atoms with Crippen LogP contribution in [0.4, 0.5) is 5.95 Å². The number of carbonyl (C=O) groups excluding carboxylic acids is 1. The molecule has 0 aliphatic carbocycles. The highest BCUT2D eigenvalue weighted by Crippen LogP contribution is 1.91. The van der Waals surface area contributed by atoms with Crippen LogP contribution >= 0.6 is 0 Å². The van der Waals surface area contributed by atoms with Crippen molar-refractivity contribution >= 4 is 11.9 Å². The zero-order chi connectivity index (χ0) is 8.97. The van der Waals surface area contributed by atoms with Crippen molar-refractivity contribution in [3.05, 3.63) is 5.82 Å². The fourth-order valence-corrected chi connectivity index (χ4v) is 0.562. The second kappa shape index (κ2) is 3.67. The van der Waals surface area contributed by atoms with E-state index in [1.165, 1.54) is 0 Å². The molecule has 7 heteroatoms. The summed E-state index contributed by atoms with van der Waals surface area (Å²) in [6.07, 6.45) is 0. The largest absolute Gasteiger partial charge is 0.366 e. The van der Waals surface area contributed by atoms with E-state index in [-0.39, 0.29) is 11.8 Å². The molecule has 7 nitrogen and oxygen atoms in total. The summed E-state index contributed by atoms with van der Waals surface area (Å²) in [5, 5.41) is 5.81. The fraction of sp³-hybridized carbons (Fsp3) is 0.400. The molecule has 0 saturated heterocycles. The smallest absolute Gasteiger partial charge is 0.312 e. The zero-order valence-electron chi connectivity index (χ0n) is 6.50. The van der Waals surface area contributed by atoms with Gasteiger partial charge < -0.3 is 5.73 Å². The molecule has 1 aromatic rings. The summed E-state index contributed by atoms with van der Waals surface area (Å²) in [6.45, 7) is 2.13. The van der Waals surface area contributed by atoms with Crippen LogP contribution in [0.3, 0.4) is 0 Å². The number of nitrogens with two attached hydrogens (primary N) is 1. The molecule has 0 aliphatic heterocycles. The van der Waals surface area contributed by atoms with Gasteiger partial charge in [-0.3, -0.25) is 14.7 Å². The Morgan fingerprint density at radius 3 is 3.08 bits per heavy atom. The summed E-state index contributed by atoms with van der Waals surface area (Å²) in [6, 6.07) is 0. The lowest BCUT2D eigenvalue weighted by molar-refractivity contribution is 0.0355. The fourth-order valence-electron chi connectivity index (χ4n) is 0.562. The molecule has 66 valence electrons. The molecule has 0 saturated carbocycles. The van der Waals surface area contributed by atoms with Gasteiger partial charge in [0, 0.05) is 0 Å². The molecule has 4 N–H and O–H groups in total. The number of nitrogen functional groups attached to an aromatic ring is 1. The van der Waals surface area contributed by atoms with E-state index in [1.54, 1.807) is 6.92 Å². The van der Waals surface area contributed by atoms with E-state index in [2.05, 4.69) is 25.5 Å². The molecule has 0 spiro atoms. The van der Waals surface area contributed by atoms with Crippen molar-refractivity contribution in [2.45, 2.75) is 6.92 Å². The Labute approximate surface area is 68.3 Å². The Kier molecular flexibility index (Phi) is 2.59. The first-order valence-corrected chi connectivity index (χ1v) is 3.34. The van der Waals surface area contributed by atoms with Crippen LogP contribution < -0.4 is 11.2 Å². The molecule has 1 amide bonds. The van der Waals surface area contributed by atoms with Gasteiger partial charge in [-0.1, -0.05) is 0 Å². The van der Waals surface area contributed by atoms with Gasteiger partial charge in [0.05, 0.1) is 6.61 Å². The molecule has 0 aromatic carbocycles. The molecular weight excluding hydrogens is 162 g/mol. The number of carbonyl (C=O) groups is 1. The van der Waals surface area contributed by atoms with E-state index >= 15 is 0 Å². The molecule has 1 aromatic heterocycles. The summed E-state index contributed by atoms with van der Waals surface area (Å²) in [5.74, 6) is -0.446. The van der Waals surface area contributed by atoms with Crippen LogP contribution in [0.15, 0.2) is 0 Å². The van der Waals surface area contributed by atoms with Crippen molar-refractivity contribution in [3.8, 4) is 0 Å². The highest BCUT2D eigenvalue weighted by molar-refractivity contribution is 5.89. The van der Waals surface area contributed by atoms with Crippen molar-refractivity contribution < 1.29 is 9.63 Å². The van der Waals surface area contributed by atoms with E-state index in [4.69, 9.17) is 5.73 Å². The monoisotopic (exact) mass is 171 g/mol. The first-order chi connectivity index (χ1) is 5.74. The number of anilines is 1. The lowest BCUT2D eigenvalue weighted by Crippen LogP contribution is -2.24. The maximum absolute atomic E-state index is 11.0. The zero-order valence-corrected chi connectivity index (χ0v) is 6.50. The van der Waals surface area contributed by atoms with Crippen molar-refractivity contribution in [3.63, 3.8) is 0 Å². The predicted molar refractivity (Wildman–Crippen MR) is 39.9 cm³/mol. The van der Waals surface area contributed by atoms with E-state index in [9.17, 15) is 4.79 Å². The molecule has 12 heavy (non-hydrogen) atoms. The van der Waals surface area contributed by atoms with E-state index in [1.807, 2.05) is 0 Å². The Bertz CT molecular complexity index is 271. The van der Waals surface area contributed by atoms with Gasteiger partial charge in [-0.2, -0.15) is 4.98 Å². The Hall–Kier alpha value is -1.63. The number of aromatic amines is 1. The summed E-state index contributed by atoms with van der Waals surface area (Å²) >= 11 is 0. The van der Waals surface area contributed by atoms with E-state index in [0.717, 1.165) is 0 Å². The molecule has 0 fully saturated rings. The number of hydrogen-bond acceptors (Lipinski definition) is 5. The molecule has 0 unspecified atom stereocenters. The molecule has 0 atom stereocenters. The summed E-state index contributed by atoms with van der Waals surface area (Å²) in [5.41, 5.74) is 7.30. The minimum atomic E-state index is -0.499. The van der Waals surface area contributed by atoms with Crippen molar-refractivity contribution in [1.29, 1.82) is 0 Å². The standard InChI is InChI=1S/C5H9N5O2/c1-2-12-10-4(11)3-7-5(6)9-8-3/h2H2,1H3,(H,10,11)(H3,6,7,8,9). The van der Waals surface area contributed by atoms with Gasteiger partial charge in [0.2, 0.25) is 11.8 Å². The van der Waals surface area contributed by atoms with Crippen molar-refractivity contribution in [2.24, 2.45) is 0 Å². The number of nitrogens with one attached hydrogen (secondary N) is 2.